The van der Waals surface area contributed by atoms with Crippen molar-refractivity contribution >= 4 is 23.0 Å². The first-order valence-electron chi connectivity index (χ1n) is 11.6. The summed E-state index contributed by atoms with van der Waals surface area (Å²) in [5.74, 6) is -0.714. The Balaban J connectivity index is 1.76. The number of hydrogen-bond acceptors (Lipinski definition) is 7. The smallest absolute Gasteiger partial charge is 0.457 e. The van der Waals surface area contributed by atoms with E-state index < -0.39 is 17.7 Å². The van der Waals surface area contributed by atoms with Gasteiger partial charge in [-0.1, -0.05) is 25.5 Å². The number of aryl methyl sites for hydroxylation is 2. The van der Waals surface area contributed by atoms with E-state index in [4.69, 9.17) is 19.2 Å². The molecule has 34 heavy (non-hydrogen) atoms. The van der Waals surface area contributed by atoms with Gasteiger partial charge in [0.25, 0.3) is 5.56 Å². The number of carbonyl (C=O) groups is 2. The van der Waals surface area contributed by atoms with Crippen molar-refractivity contribution in [3.8, 4) is 11.4 Å². The first-order valence-corrected chi connectivity index (χ1v) is 11.6. The molecule has 1 atom stereocenters. The molecule has 0 N–H and O–H groups in total. The third-order valence-corrected chi connectivity index (χ3v) is 6.80. The number of aromatic nitrogens is 2. The van der Waals surface area contributed by atoms with E-state index in [2.05, 4.69) is 13.0 Å². The Morgan fingerprint density at radius 2 is 1.97 bits per heavy atom. The summed E-state index contributed by atoms with van der Waals surface area (Å²) in [6.45, 7) is 7.80. The number of carbonyl (C=O) groups excluding carboxylic acids is 2. The first-order chi connectivity index (χ1) is 16.3. The Morgan fingerprint density at radius 3 is 2.68 bits per heavy atom. The second-order valence-corrected chi connectivity index (χ2v) is 8.65. The molecule has 5 rings (SSSR count). The molecular weight excluding hydrogens is 436 g/mol. The van der Waals surface area contributed by atoms with Gasteiger partial charge in [0.2, 0.25) is 5.60 Å². The van der Waals surface area contributed by atoms with E-state index in [0.29, 0.717) is 29.1 Å². The summed E-state index contributed by atoms with van der Waals surface area (Å²) in [4.78, 5) is 43.7. The summed E-state index contributed by atoms with van der Waals surface area (Å²) in [6, 6.07) is 7.89. The van der Waals surface area contributed by atoms with Crippen LogP contribution in [0.25, 0.3) is 22.3 Å². The number of fused-ring (bicyclic) bond motifs is 5. The third kappa shape index (κ3) is 3.04. The fourth-order valence-corrected chi connectivity index (χ4v) is 5.13. The monoisotopic (exact) mass is 462 g/mol. The normalized spacial score (nSPS) is 18.2. The Bertz CT molecular complexity index is 1420. The standard InChI is InChI=1S/C26H26N2O6/c1-5-15-16-10-14(4)8-9-20(16)27-22-17(15)12-28-21(22)11-19-18(23(28)29)13-33-24(30)26(19,6-2)34-25(31)32-7-3/h8-11H,5-7,12-13H2,1-4H3/t26-/m0/s1. The Morgan fingerprint density at radius 1 is 1.18 bits per heavy atom. The van der Waals surface area contributed by atoms with Crippen molar-refractivity contribution in [1.82, 2.24) is 9.55 Å². The van der Waals surface area contributed by atoms with E-state index in [9.17, 15) is 14.4 Å². The fraction of sp³-hybridized carbons (Fsp3) is 0.385. The highest BCUT2D eigenvalue weighted by Gasteiger charge is 2.51. The first kappa shape index (κ1) is 22.1. The van der Waals surface area contributed by atoms with Crippen LogP contribution < -0.4 is 5.56 Å². The largest absolute Gasteiger partial charge is 0.509 e. The molecule has 2 aliphatic rings. The molecule has 176 valence electrons. The molecule has 0 aliphatic carbocycles. The molecule has 0 fully saturated rings. The van der Waals surface area contributed by atoms with E-state index in [1.807, 2.05) is 19.1 Å². The second-order valence-electron chi connectivity index (χ2n) is 8.65. The zero-order valence-electron chi connectivity index (χ0n) is 19.7. The van der Waals surface area contributed by atoms with Gasteiger partial charge in [-0.2, -0.15) is 0 Å². The summed E-state index contributed by atoms with van der Waals surface area (Å²) >= 11 is 0. The fourth-order valence-electron chi connectivity index (χ4n) is 5.13. The maximum absolute atomic E-state index is 13.6. The van der Waals surface area contributed by atoms with Crippen molar-refractivity contribution in [3.63, 3.8) is 0 Å². The van der Waals surface area contributed by atoms with E-state index in [1.165, 1.54) is 0 Å². The zero-order valence-corrected chi connectivity index (χ0v) is 19.7. The van der Waals surface area contributed by atoms with E-state index in [0.717, 1.165) is 34.0 Å². The summed E-state index contributed by atoms with van der Waals surface area (Å²) in [5, 5.41) is 1.08. The summed E-state index contributed by atoms with van der Waals surface area (Å²) < 4.78 is 17.5. The SMILES string of the molecule is CCOC(=O)O[C@]1(CC)C(=O)OCc2c1cc1n(c2=O)Cc2c-1nc1ccc(C)cc1c2CC. The minimum Gasteiger partial charge on any atom is -0.457 e. The number of ether oxygens (including phenoxy) is 3. The summed E-state index contributed by atoms with van der Waals surface area (Å²) in [5.41, 5.74) is 4.10. The van der Waals surface area contributed by atoms with Gasteiger partial charge in [-0.3, -0.25) is 4.79 Å². The number of rotatable bonds is 4. The van der Waals surface area contributed by atoms with Crippen molar-refractivity contribution in [1.29, 1.82) is 0 Å². The van der Waals surface area contributed by atoms with Gasteiger partial charge >= 0.3 is 12.1 Å². The highest BCUT2D eigenvalue weighted by Crippen LogP contribution is 2.42. The van der Waals surface area contributed by atoms with Crippen LogP contribution in [0.15, 0.2) is 29.1 Å². The molecule has 8 nitrogen and oxygen atoms in total. The van der Waals surface area contributed by atoms with Crippen molar-refractivity contribution in [2.45, 2.75) is 59.3 Å². The molecule has 0 saturated carbocycles. The zero-order chi connectivity index (χ0) is 24.2. The minimum atomic E-state index is -1.75. The van der Waals surface area contributed by atoms with Gasteiger partial charge < -0.3 is 18.8 Å². The Hall–Kier alpha value is -3.68. The topological polar surface area (TPSA) is 96.7 Å². The molecule has 0 radical (unpaired) electrons. The lowest BCUT2D eigenvalue weighted by Gasteiger charge is -2.35. The lowest BCUT2D eigenvalue weighted by molar-refractivity contribution is -0.175. The van der Waals surface area contributed by atoms with Gasteiger partial charge in [-0.05, 0) is 50.5 Å². The van der Waals surface area contributed by atoms with Crippen molar-refractivity contribution in [2.75, 3.05) is 6.61 Å². The number of nitrogens with zero attached hydrogens (tertiary/aromatic N) is 2. The molecule has 4 heterocycles. The van der Waals surface area contributed by atoms with Crippen LogP contribution in [0, 0.1) is 6.92 Å². The second kappa shape index (κ2) is 7.97. The molecule has 0 spiro atoms. The van der Waals surface area contributed by atoms with Gasteiger partial charge in [0.1, 0.15) is 6.61 Å². The number of pyridine rings is 2. The van der Waals surface area contributed by atoms with Crippen LogP contribution in [0.4, 0.5) is 4.79 Å². The quantitative estimate of drug-likeness (QED) is 0.421. The van der Waals surface area contributed by atoms with Gasteiger partial charge in [0.05, 0.1) is 35.6 Å². The molecule has 2 aliphatic heterocycles. The predicted octanol–water partition coefficient (Wildman–Crippen LogP) is 4.13. The van der Waals surface area contributed by atoms with Crippen LogP contribution in [0.3, 0.4) is 0 Å². The van der Waals surface area contributed by atoms with Crippen LogP contribution in [0.2, 0.25) is 0 Å². The van der Waals surface area contributed by atoms with Crippen LogP contribution in [0.5, 0.6) is 0 Å². The van der Waals surface area contributed by atoms with Crippen LogP contribution in [-0.2, 0) is 44.2 Å². The highest BCUT2D eigenvalue weighted by molar-refractivity contribution is 5.90. The highest BCUT2D eigenvalue weighted by atomic mass is 16.7. The molecule has 0 saturated heterocycles. The number of benzene rings is 1. The average Bonchev–Trinajstić information content (AvgIpc) is 3.18. The third-order valence-electron chi connectivity index (χ3n) is 6.80. The Labute approximate surface area is 196 Å². The lowest BCUT2D eigenvalue weighted by atomic mass is 9.85. The van der Waals surface area contributed by atoms with Crippen LogP contribution in [0.1, 0.15) is 55.0 Å². The molecule has 2 aromatic heterocycles. The van der Waals surface area contributed by atoms with E-state index in [-0.39, 0.29) is 25.2 Å². The maximum atomic E-state index is 13.6. The van der Waals surface area contributed by atoms with Crippen molar-refractivity contribution < 1.29 is 23.8 Å². The molecule has 0 unspecified atom stereocenters. The van der Waals surface area contributed by atoms with Crippen molar-refractivity contribution in [3.05, 3.63) is 62.4 Å². The maximum Gasteiger partial charge on any atom is 0.509 e. The minimum absolute atomic E-state index is 0.0943. The van der Waals surface area contributed by atoms with Crippen LogP contribution >= 0.6 is 0 Å². The van der Waals surface area contributed by atoms with E-state index >= 15 is 0 Å². The summed E-state index contributed by atoms with van der Waals surface area (Å²) in [7, 11) is 0. The molecule has 3 aromatic rings. The average molecular weight is 463 g/mol. The van der Waals surface area contributed by atoms with Gasteiger partial charge in [0.15, 0.2) is 0 Å². The van der Waals surface area contributed by atoms with Gasteiger partial charge in [-0.25, -0.2) is 14.6 Å². The van der Waals surface area contributed by atoms with Gasteiger partial charge in [-0.15, -0.1) is 0 Å². The lowest BCUT2D eigenvalue weighted by Crippen LogP contribution is -2.47. The molecule has 8 heteroatoms. The van der Waals surface area contributed by atoms with Gasteiger partial charge in [0, 0.05) is 16.5 Å². The van der Waals surface area contributed by atoms with Crippen LogP contribution in [-0.4, -0.2) is 28.3 Å². The predicted molar refractivity (Wildman–Crippen MR) is 125 cm³/mol. The molecule has 1 aromatic carbocycles. The molecular formula is C26H26N2O6. The molecule has 0 amide bonds. The van der Waals surface area contributed by atoms with E-state index in [1.54, 1.807) is 24.5 Å². The number of esters is 1. The Kier molecular flexibility index (Phi) is 5.19. The number of cyclic esters (lactones) is 1. The summed E-state index contributed by atoms with van der Waals surface area (Å²) in [6.07, 6.45) is -0.0968. The molecule has 0 bridgehead atoms. The van der Waals surface area contributed by atoms with Crippen molar-refractivity contribution in [2.24, 2.45) is 0 Å². The number of hydrogen-bond donors (Lipinski definition) is 0.